The molecule has 2 aromatic carbocycles. The number of benzene rings is 2. The molecule has 4 rings (SSSR count). The predicted molar refractivity (Wildman–Crippen MR) is 112 cm³/mol. The zero-order valence-corrected chi connectivity index (χ0v) is 16.4. The van der Waals surface area contributed by atoms with Crippen molar-refractivity contribution in [2.45, 2.75) is 24.8 Å². The molecule has 148 valence electrons. The molecule has 1 aromatic heterocycles. The van der Waals surface area contributed by atoms with Gasteiger partial charge in [-0.05, 0) is 36.1 Å². The maximum atomic E-state index is 13.0. The van der Waals surface area contributed by atoms with Crippen LogP contribution in [0.1, 0.15) is 18.4 Å². The molecule has 0 radical (unpaired) electrons. The van der Waals surface area contributed by atoms with Gasteiger partial charge in [0.15, 0.2) is 5.82 Å². The summed E-state index contributed by atoms with van der Waals surface area (Å²) in [5.41, 5.74) is 1.89. The van der Waals surface area contributed by atoms with E-state index in [1.54, 1.807) is 6.20 Å². The minimum Gasteiger partial charge on any atom is -0.480 e. The van der Waals surface area contributed by atoms with Gasteiger partial charge < -0.3 is 10.4 Å². The van der Waals surface area contributed by atoms with Crippen LogP contribution in [0.25, 0.3) is 11.3 Å². The van der Waals surface area contributed by atoms with Gasteiger partial charge in [0.25, 0.3) is 5.56 Å². The van der Waals surface area contributed by atoms with Crippen molar-refractivity contribution in [3.63, 3.8) is 0 Å². The van der Waals surface area contributed by atoms with E-state index in [0.29, 0.717) is 17.3 Å². The Labute approximate surface area is 172 Å². The summed E-state index contributed by atoms with van der Waals surface area (Å²) in [7, 11) is 0. The number of aromatic nitrogens is 2. The third kappa shape index (κ3) is 4.03. The largest absolute Gasteiger partial charge is 0.480 e. The minimum atomic E-state index is -1.08. The highest BCUT2D eigenvalue weighted by Crippen LogP contribution is 2.48. The Hall–Kier alpha value is -3.12. The quantitative estimate of drug-likeness (QED) is 0.620. The molecule has 29 heavy (non-hydrogen) atoms. The number of anilines is 1. The summed E-state index contributed by atoms with van der Waals surface area (Å²) in [6.45, 7) is 0.122. The molecular weight excluding hydrogens is 390 g/mol. The van der Waals surface area contributed by atoms with E-state index in [1.807, 2.05) is 54.6 Å². The van der Waals surface area contributed by atoms with E-state index in [1.165, 1.54) is 10.1 Å². The average Bonchev–Trinajstić information content (AvgIpc) is 3.50. The van der Waals surface area contributed by atoms with Gasteiger partial charge in [0, 0.05) is 17.0 Å². The molecule has 1 aliphatic rings. The molecule has 0 unspecified atom stereocenters. The van der Waals surface area contributed by atoms with Crippen molar-refractivity contribution in [2.75, 3.05) is 11.9 Å². The fraction of sp³-hybridized carbons (Fsp3) is 0.227. The van der Waals surface area contributed by atoms with Gasteiger partial charge in [0.1, 0.15) is 6.54 Å². The molecule has 1 heterocycles. The Balaban J connectivity index is 1.62. The van der Waals surface area contributed by atoms with Crippen LogP contribution < -0.4 is 10.9 Å². The van der Waals surface area contributed by atoms with Crippen LogP contribution in [0.2, 0.25) is 5.02 Å². The Morgan fingerprint density at radius 1 is 1.14 bits per heavy atom. The van der Waals surface area contributed by atoms with Gasteiger partial charge in [-0.15, -0.1) is 0 Å². The number of carbonyl (C=O) groups is 1. The lowest BCUT2D eigenvalue weighted by atomic mass is 9.96. The van der Waals surface area contributed by atoms with Crippen molar-refractivity contribution in [2.24, 2.45) is 0 Å². The van der Waals surface area contributed by atoms with Gasteiger partial charge in [-0.25, -0.2) is 4.98 Å². The van der Waals surface area contributed by atoms with Crippen LogP contribution in [0.15, 0.2) is 65.6 Å². The summed E-state index contributed by atoms with van der Waals surface area (Å²) in [6, 6.07) is 16.9. The van der Waals surface area contributed by atoms with Gasteiger partial charge in [-0.3, -0.25) is 14.2 Å². The Morgan fingerprint density at radius 3 is 2.45 bits per heavy atom. The second-order valence-corrected chi connectivity index (χ2v) is 7.72. The molecule has 1 aliphatic carbocycles. The van der Waals surface area contributed by atoms with Crippen molar-refractivity contribution in [1.82, 2.24) is 9.55 Å². The second-order valence-electron chi connectivity index (χ2n) is 7.28. The van der Waals surface area contributed by atoms with Crippen molar-refractivity contribution in [3.05, 3.63) is 81.7 Å². The highest BCUT2D eigenvalue weighted by Gasteiger charge is 2.44. The topological polar surface area (TPSA) is 84.2 Å². The lowest BCUT2D eigenvalue weighted by Crippen LogP contribution is -2.31. The summed E-state index contributed by atoms with van der Waals surface area (Å²) < 4.78 is 1.24. The first-order valence-electron chi connectivity index (χ1n) is 9.35. The van der Waals surface area contributed by atoms with Crippen LogP contribution in [-0.2, 0) is 16.8 Å². The second kappa shape index (κ2) is 7.72. The summed E-state index contributed by atoms with van der Waals surface area (Å²) >= 11 is 5.98. The van der Waals surface area contributed by atoms with Gasteiger partial charge in [-0.2, -0.15) is 0 Å². The van der Waals surface area contributed by atoms with E-state index >= 15 is 0 Å². The number of nitrogens with zero attached hydrogens (tertiary/aromatic N) is 2. The molecule has 7 heteroatoms. The summed E-state index contributed by atoms with van der Waals surface area (Å²) in [4.78, 5) is 28.6. The van der Waals surface area contributed by atoms with Crippen LogP contribution in [0.3, 0.4) is 0 Å². The first-order valence-corrected chi connectivity index (χ1v) is 9.73. The van der Waals surface area contributed by atoms with E-state index < -0.39 is 18.1 Å². The van der Waals surface area contributed by atoms with E-state index in [9.17, 15) is 14.7 Å². The van der Waals surface area contributed by atoms with Crippen molar-refractivity contribution >= 4 is 23.4 Å². The van der Waals surface area contributed by atoms with E-state index in [4.69, 9.17) is 11.6 Å². The zero-order valence-electron chi connectivity index (χ0n) is 15.6. The molecule has 0 amide bonds. The van der Waals surface area contributed by atoms with Crippen LogP contribution in [0, 0.1) is 0 Å². The number of rotatable bonds is 7. The normalized spacial score (nSPS) is 14.4. The number of carboxylic acids is 1. The van der Waals surface area contributed by atoms with Crippen molar-refractivity contribution in [3.8, 4) is 11.3 Å². The molecule has 0 spiro atoms. The fourth-order valence-corrected chi connectivity index (χ4v) is 3.64. The third-order valence-electron chi connectivity index (χ3n) is 5.32. The van der Waals surface area contributed by atoms with Crippen LogP contribution in [-0.4, -0.2) is 27.2 Å². The molecule has 0 saturated heterocycles. The van der Waals surface area contributed by atoms with E-state index in [-0.39, 0.29) is 11.2 Å². The smallest absolute Gasteiger partial charge is 0.323 e. The molecule has 1 fully saturated rings. The lowest BCUT2D eigenvalue weighted by molar-refractivity contribution is -0.137. The Morgan fingerprint density at radius 2 is 1.83 bits per heavy atom. The fourth-order valence-electron chi connectivity index (χ4n) is 3.52. The van der Waals surface area contributed by atoms with Crippen LogP contribution in [0.4, 0.5) is 5.82 Å². The third-order valence-corrected chi connectivity index (χ3v) is 5.57. The number of hydrogen-bond donors (Lipinski definition) is 2. The maximum absolute atomic E-state index is 13.0. The van der Waals surface area contributed by atoms with Crippen molar-refractivity contribution < 1.29 is 9.90 Å². The molecule has 0 atom stereocenters. The van der Waals surface area contributed by atoms with E-state index in [2.05, 4.69) is 10.3 Å². The zero-order chi connectivity index (χ0) is 20.4. The van der Waals surface area contributed by atoms with Gasteiger partial charge in [-0.1, -0.05) is 54.1 Å². The summed E-state index contributed by atoms with van der Waals surface area (Å²) in [6.07, 6.45) is 3.56. The minimum absolute atomic E-state index is 0.0472. The molecule has 2 N–H and O–H groups in total. The number of hydrogen-bond acceptors (Lipinski definition) is 4. The first kappa shape index (κ1) is 19.2. The molecule has 6 nitrogen and oxygen atoms in total. The first-order chi connectivity index (χ1) is 14.0. The van der Waals surface area contributed by atoms with Gasteiger partial charge >= 0.3 is 5.97 Å². The summed E-state index contributed by atoms with van der Waals surface area (Å²) in [5, 5.41) is 13.1. The number of aliphatic carboxylic acids is 1. The van der Waals surface area contributed by atoms with Gasteiger partial charge in [0.2, 0.25) is 0 Å². The van der Waals surface area contributed by atoms with E-state index in [0.717, 1.165) is 18.4 Å². The number of carboxylic acid groups (broad SMARTS) is 1. The monoisotopic (exact) mass is 409 g/mol. The van der Waals surface area contributed by atoms with Crippen LogP contribution >= 0.6 is 11.6 Å². The highest BCUT2D eigenvalue weighted by molar-refractivity contribution is 6.30. The number of nitrogens with one attached hydrogen (secondary N) is 1. The molecule has 0 bridgehead atoms. The Kier molecular flexibility index (Phi) is 5.11. The SMILES string of the molecule is O=C(O)Cn1c(-c2ccccc2)cnc(NCC2(c3ccc(Cl)cc3)CC2)c1=O. The molecule has 1 saturated carbocycles. The Bertz CT molecular complexity index is 1090. The lowest BCUT2D eigenvalue weighted by Gasteiger charge is -2.18. The molecular formula is C22H20ClN3O3. The molecule has 0 aliphatic heterocycles. The van der Waals surface area contributed by atoms with Crippen LogP contribution in [0.5, 0.6) is 0 Å². The average molecular weight is 410 g/mol. The molecule has 3 aromatic rings. The number of halogens is 1. The maximum Gasteiger partial charge on any atom is 0.323 e. The highest BCUT2D eigenvalue weighted by atomic mass is 35.5. The van der Waals surface area contributed by atoms with Crippen molar-refractivity contribution in [1.29, 1.82) is 0 Å². The summed E-state index contributed by atoms with van der Waals surface area (Å²) in [5.74, 6) is -0.924. The van der Waals surface area contributed by atoms with Gasteiger partial charge in [0.05, 0.1) is 11.9 Å². The predicted octanol–water partition coefficient (Wildman–Crippen LogP) is 3.79. The standard InChI is InChI=1S/C22H20ClN3O3/c23-17-8-6-16(7-9-17)22(10-11-22)14-25-20-21(29)26(13-19(27)28)18(12-24-20)15-4-2-1-3-5-15/h1-9,12H,10-11,13-14H2,(H,24,25)(H,27,28).